The zero-order valence-electron chi connectivity index (χ0n) is 34.5. The zero-order chi connectivity index (χ0) is 41.4. The number of alkyl halides is 4. The highest BCUT2D eigenvalue weighted by atomic mass is 19.3. The number of hydrogen-bond donors (Lipinski definition) is 0. The van der Waals surface area contributed by atoms with Crippen molar-refractivity contribution in [2.75, 3.05) is 78.8 Å². The van der Waals surface area contributed by atoms with Gasteiger partial charge in [0.2, 0.25) is 11.8 Å². The molecule has 2 atom stereocenters. The van der Waals surface area contributed by atoms with Crippen LogP contribution in [0.25, 0.3) is 0 Å². The standard InChI is InChI=1S/2C23H30F2N2O3/c2*24-22(25)30-20-4-2-1-3-19(20)16-6-9-26(10-7-16)18-5-8-23(11-18)14-27(15-23)21(28)17-12-29-13-17/h2*1-4,16-18,22H,5-15H2/t2*18-/m10/s1. The second-order valence-corrected chi connectivity index (χ2v) is 19.1. The summed E-state index contributed by atoms with van der Waals surface area (Å²) in [6.45, 7) is 4.41. The van der Waals surface area contributed by atoms with Crippen LogP contribution in [0.2, 0.25) is 0 Å². The Labute approximate surface area is 350 Å². The summed E-state index contributed by atoms with van der Waals surface area (Å²) in [5.41, 5.74) is 2.46. The van der Waals surface area contributed by atoms with Crippen LogP contribution in [0.4, 0.5) is 17.6 Å². The molecule has 8 aliphatic rings. The Hall–Kier alpha value is -3.46. The van der Waals surface area contributed by atoms with Crippen LogP contribution in [0.3, 0.4) is 0 Å². The van der Waals surface area contributed by atoms with Crippen LogP contribution < -0.4 is 9.47 Å². The van der Waals surface area contributed by atoms with Crippen molar-refractivity contribution in [2.24, 2.45) is 22.7 Å². The molecule has 0 N–H and O–H groups in total. The van der Waals surface area contributed by atoms with Gasteiger partial charge >= 0.3 is 13.2 Å². The largest absolute Gasteiger partial charge is 0.435 e. The Morgan fingerprint density at radius 2 is 0.933 bits per heavy atom. The molecule has 14 heteroatoms. The van der Waals surface area contributed by atoms with Gasteiger partial charge in [0.1, 0.15) is 11.5 Å². The van der Waals surface area contributed by atoms with Gasteiger partial charge in [0, 0.05) is 49.1 Å². The third kappa shape index (κ3) is 8.90. The molecule has 6 saturated heterocycles. The predicted molar refractivity (Wildman–Crippen MR) is 215 cm³/mol. The molecule has 0 radical (unpaired) electrons. The lowest BCUT2D eigenvalue weighted by molar-refractivity contribution is -0.162. The van der Waals surface area contributed by atoms with E-state index < -0.39 is 13.2 Å². The molecule has 2 spiro atoms. The number of halogens is 4. The Balaban J connectivity index is 0.000000154. The maximum Gasteiger partial charge on any atom is 0.387 e. The first-order valence-corrected chi connectivity index (χ1v) is 22.3. The summed E-state index contributed by atoms with van der Waals surface area (Å²) in [6, 6.07) is 15.6. The van der Waals surface area contributed by atoms with Crippen molar-refractivity contribution in [1.29, 1.82) is 0 Å². The number of likely N-dealkylation sites (tertiary alicyclic amines) is 4. The Bertz CT molecular complexity index is 1670. The first kappa shape index (κ1) is 41.9. The second kappa shape index (κ2) is 17.7. The van der Waals surface area contributed by atoms with E-state index in [2.05, 4.69) is 9.80 Å². The van der Waals surface area contributed by atoms with Gasteiger partial charge in [-0.05, 0) is 125 Å². The van der Waals surface area contributed by atoms with Crippen molar-refractivity contribution in [2.45, 2.75) is 101 Å². The molecule has 2 saturated carbocycles. The smallest absolute Gasteiger partial charge is 0.387 e. The molecule has 328 valence electrons. The minimum absolute atomic E-state index is 0.0931. The number of hydrogen-bond acceptors (Lipinski definition) is 8. The van der Waals surface area contributed by atoms with E-state index in [1.54, 1.807) is 24.3 Å². The highest BCUT2D eigenvalue weighted by Crippen LogP contribution is 2.50. The van der Waals surface area contributed by atoms with Crippen LogP contribution in [0.5, 0.6) is 11.5 Å². The molecule has 10 rings (SSSR count). The lowest BCUT2D eigenvalue weighted by Gasteiger charge is -2.50. The molecule has 2 aromatic carbocycles. The van der Waals surface area contributed by atoms with E-state index >= 15 is 0 Å². The third-order valence-electron chi connectivity index (χ3n) is 15.3. The van der Waals surface area contributed by atoms with Crippen LogP contribution in [0.1, 0.15) is 87.2 Å². The fourth-order valence-corrected chi connectivity index (χ4v) is 11.9. The van der Waals surface area contributed by atoms with Gasteiger partial charge in [-0.2, -0.15) is 17.6 Å². The number of para-hydroxylation sites is 2. The Morgan fingerprint density at radius 1 is 0.567 bits per heavy atom. The quantitative estimate of drug-likeness (QED) is 0.237. The number of nitrogens with zero attached hydrogens (tertiary/aromatic N) is 4. The van der Waals surface area contributed by atoms with Gasteiger partial charge in [-0.3, -0.25) is 9.59 Å². The molecule has 0 bridgehead atoms. The number of rotatable bonds is 10. The molecule has 2 amide bonds. The molecule has 10 nitrogen and oxygen atoms in total. The number of ether oxygens (including phenoxy) is 4. The highest BCUT2D eigenvalue weighted by molar-refractivity contribution is 5.81. The van der Waals surface area contributed by atoms with Gasteiger partial charge in [-0.25, -0.2) is 0 Å². The van der Waals surface area contributed by atoms with Crippen LogP contribution in [0, 0.1) is 22.7 Å². The average Bonchev–Trinajstić information content (AvgIpc) is 3.83. The normalized spacial score (nSPS) is 27.3. The van der Waals surface area contributed by atoms with Crippen LogP contribution in [-0.4, -0.2) is 136 Å². The van der Waals surface area contributed by atoms with E-state index in [-0.39, 0.29) is 35.5 Å². The molecule has 8 fully saturated rings. The molecular formula is C46H60F4N4O6. The first-order valence-electron chi connectivity index (χ1n) is 22.3. The van der Waals surface area contributed by atoms with Crippen LogP contribution >= 0.6 is 0 Å². The van der Waals surface area contributed by atoms with Gasteiger partial charge in [0.05, 0.1) is 38.3 Å². The van der Waals surface area contributed by atoms with Crippen LogP contribution in [0.15, 0.2) is 48.5 Å². The van der Waals surface area contributed by atoms with Gasteiger partial charge in [0.25, 0.3) is 0 Å². The number of amides is 2. The predicted octanol–water partition coefficient (Wildman–Crippen LogP) is 6.99. The van der Waals surface area contributed by atoms with E-state index in [9.17, 15) is 27.2 Å². The fraction of sp³-hybridized carbons (Fsp3) is 0.696. The number of carbonyl (C=O) groups excluding carboxylic acids is 2. The van der Waals surface area contributed by atoms with E-state index in [0.29, 0.717) is 60.8 Å². The molecule has 0 unspecified atom stereocenters. The summed E-state index contributed by atoms with van der Waals surface area (Å²) in [5.74, 6) is 1.93. The number of carbonyl (C=O) groups is 2. The number of benzene rings is 2. The summed E-state index contributed by atoms with van der Waals surface area (Å²) in [4.78, 5) is 34.0. The minimum Gasteiger partial charge on any atom is -0.435 e. The van der Waals surface area contributed by atoms with Crippen molar-refractivity contribution >= 4 is 11.8 Å². The van der Waals surface area contributed by atoms with E-state index in [1.807, 2.05) is 34.1 Å². The van der Waals surface area contributed by atoms with Crippen molar-refractivity contribution in [3.05, 3.63) is 59.7 Å². The summed E-state index contributed by atoms with van der Waals surface area (Å²) in [7, 11) is 0. The summed E-state index contributed by atoms with van der Waals surface area (Å²) >= 11 is 0. The van der Waals surface area contributed by atoms with Gasteiger partial charge < -0.3 is 38.5 Å². The third-order valence-corrected chi connectivity index (χ3v) is 15.3. The summed E-state index contributed by atoms with van der Waals surface area (Å²) < 4.78 is 70.7. The second-order valence-electron chi connectivity index (χ2n) is 19.1. The topological polar surface area (TPSA) is 84.0 Å². The number of piperidine rings is 2. The van der Waals surface area contributed by atoms with Gasteiger partial charge in [-0.1, -0.05) is 36.4 Å². The van der Waals surface area contributed by atoms with Crippen molar-refractivity contribution in [3.8, 4) is 11.5 Å². The molecule has 2 aromatic rings. The SMILES string of the molecule is O=C(C1COC1)N1CC2(CC[C@@H](N3CCC(c4ccccc4OC(F)F)CC3)C2)C1.O=C(C1COC1)N1CC2(CC[C@H](N3CCC(c4ccccc4OC(F)F)CC3)C2)C1. The first-order chi connectivity index (χ1) is 29.1. The summed E-state index contributed by atoms with van der Waals surface area (Å²) in [5, 5.41) is 0. The highest BCUT2D eigenvalue weighted by Gasteiger charge is 2.53. The van der Waals surface area contributed by atoms with Crippen molar-refractivity contribution in [3.63, 3.8) is 0 Å². The Morgan fingerprint density at radius 3 is 1.27 bits per heavy atom. The molecule has 60 heavy (non-hydrogen) atoms. The molecule has 6 heterocycles. The maximum absolute atomic E-state index is 12.7. The van der Waals surface area contributed by atoms with E-state index in [0.717, 1.165) is 89.2 Å². The van der Waals surface area contributed by atoms with Crippen molar-refractivity contribution in [1.82, 2.24) is 19.6 Å². The molecule has 2 aliphatic carbocycles. The lowest BCUT2D eigenvalue weighted by Crippen LogP contribution is -2.61. The van der Waals surface area contributed by atoms with Crippen molar-refractivity contribution < 1.29 is 46.1 Å². The van der Waals surface area contributed by atoms with Gasteiger partial charge in [-0.15, -0.1) is 0 Å². The minimum atomic E-state index is -2.79. The van der Waals surface area contributed by atoms with E-state index in [1.165, 1.54) is 38.5 Å². The summed E-state index contributed by atoms with van der Waals surface area (Å²) in [6.07, 6.45) is 11.0. The monoisotopic (exact) mass is 840 g/mol. The molecule has 6 aliphatic heterocycles. The molecule has 0 aromatic heterocycles. The molecular weight excluding hydrogens is 781 g/mol. The fourth-order valence-electron chi connectivity index (χ4n) is 11.9. The lowest BCUT2D eigenvalue weighted by atomic mass is 9.77. The zero-order valence-corrected chi connectivity index (χ0v) is 34.5. The van der Waals surface area contributed by atoms with Crippen LogP contribution in [-0.2, 0) is 19.1 Å². The Kier molecular flexibility index (Phi) is 12.4. The van der Waals surface area contributed by atoms with E-state index in [4.69, 9.17) is 18.9 Å². The maximum atomic E-state index is 12.7. The average molecular weight is 841 g/mol. The van der Waals surface area contributed by atoms with Gasteiger partial charge in [0.15, 0.2) is 0 Å².